The molecule has 0 unspecified atom stereocenters. The molecule has 13 heavy (non-hydrogen) atoms. The van der Waals surface area contributed by atoms with Crippen LogP contribution in [0.1, 0.15) is 5.56 Å². The molecule has 0 bridgehead atoms. The predicted molar refractivity (Wildman–Crippen MR) is 50.6 cm³/mol. The van der Waals surface area contributed by atoms with Crippen LogP contribution in [0, 0.1) is 11.3 Å². The van der Waals surface area contributed by atoms with Gasteiger partial charge in [0.25, 0.3) is 0 Å². The van der Waals surface area contributed by atoms with Crippen LogP contribution in [0.5, 0.6) is 5.75 Å². The number of nitrogens with zero attached hydrogens (tertiary/aromatic N) is 1. The molecule has 1 aromatic rings. The van der Waals surface area contributed by atoms with Gasteiger partial charge in [-0.15, -0.1) is 0 Å². The molecular weight excluding hydrogens is 164 g/mol. The Balaban J connectivity index is 2.60. The number of rotatable bonds is 4. The van der Waals surface area contributed by atoms with Gasteiger partial charge in [-0.3, -0.25) is 0 Å². The van der Waals surface area contributed by atoms with Crippen LogP contribution >= 0.6 is 0 Å². The van der Waals surface area contributed by atoms with E-state index in [1.54, 1.807) is 12.1 Å². The number of hydrogen-bond acceptors (Lipinski definition) is 3. The molecule has 0 aliphatic carbocycles. The third-order valence-electron chi connectivity index (χ3n) is 1.62. The molecule has 0 radical (unpaired) electrons. The smallest absolute Gasteiger partial charge is 0.137 e. The Morgan fingerprint density at radius 3 is 2.92 bits per heavy atom. The number of ether oxygens (including phenoxy) is 1. The van der Waals surface area contributed by atoms with E-state index in [0.29, 0.717) is 17.9 Å². The Labute approximate surface area is 77.9 Å². The predicted octanol–water partition coefficient (Wildman–Crippen LogP) is 1.16. The third-order valence-corrected chi connectivity index (χ3v) is 1.62. The average molecular weight is 176 g/mol. The number of nitriles is 1. The SMILES string of the molecule is CNCCOc1ccccc1C#N. The van der Waals surface area contributed by atoms with E-state index >= 15 is 0 Å². The normalized spacial score (nSPS) is 9.23. The number of likely N-dealkylation sites (N-methyl/N-ethyl adjacent to an activating group) is 1. The van der Waals surface area contributed by atoms with Gasteiger partial charge in [-0.05, 0) is 19.2 Å². The molecule has 1 rings (SSSR count). The number of para-hydroxylation sites is 1. The van der Waals surface area contributed by atoms with Crippen LogP contribution in [0.4, 0.5) is 0 Å². The van der Waals surface area contributed by atoms with Crippen molar-refractivity contribution < 1.29 is 4.74 Å². The summed E-state index contributed by atoms with van der Waals surface area (Å²) in [5.74, 6) is 0.653. The maximum Gasteiger partial charge on any atom is 0.137 e. The lowest BCUT2D eigenvalue weighted by molar-refractivity contribution is 0.317. The van der Waals surface area contributed by atoms with Gasteiger partial charge in [0.15, 0.2) is 0 Å². The van der Waals surface area contributed by atoms with E-state index in [1.807, 2.05) is 19.2 Å². The standard InChI is InChI=1S/C10H12N2O/c1-12-6-7-13-10-5-3-2-4-9(10)8-11/h2-5,12H,6-7H2,1H3. The van der Waals surface area contributed by atoms with Crippen LogP contribution in [0.15, 0.2) is 24.3 Å². The van der Waals surface area contributed by atoms with E-state index in [0.717, 1.165) is 6.54 Å². The topological polar surface area (TPSA) is 45.0 Å². The van der Waals surface area contributed by atoms with E-state index in [2.05, 4.69) is 11.4 Å². The molecule has 0 spiro atoms. The van der Waals surface area contributed by atoms with E-state index in [4.69, 9.17) is 10.00 Å². The molecule has 0 atom stereocenters. The molecule has 68 valence electrons. The Morgan fingerprint density at radius 1 is 1.46 bits per heavy atom. The average Bonchev–Trinajstić information content (AvgIpc) is 2.19. The van der Waals surface area contributed by atoms with Crippen molar-refractivity contribution in [2.45, 2.75) is 0 Å². The zero-order chi connectivity index (χ0) is 9.52. The highest BCUT2D eigenvalue weighted by Crippen LogP contribution is 2.15. The fraction of sp³-hybridized carbons (Fsp3) is 0.300. The van der Waals surface area contributed by atoms with Crippen LogP contribution in [-0.4, -0.2) is 20.2 Å². The van der Waals surface area contributed by atoms with Crippen molar-refractivity contribution in [3.8, 4) is 11.8 Å². The van der Waals surface area contributed by atoms with Gasteiger partial charge < -0.3 is 10.1 Å². The molecule has 0 aromatic heterocycles. The zero-order valence-corrected chi connectivity index (χ0v) is 7.58. The summed E-state index contributed by atoms with van der Waals surface area (Å²) in [6.07, 6.45) is 0. The number of benzene rings is 1. The van der Waals surface area contributed by atoms with Crippen LogP contribution in [0.25, 0.3) is 0 Å². The minimum Gasteiger partial charge on any atom is -0.491 e. The molecule has 0 fully saturated rings. The fourth-order valence-electron chi connectivity index (χ4n) is 0.948. The first-order valence-corrected chi connectivity index (χ1v) is 4.15. The molecule has 1 aromatic carbocycles. The van der Waals surface area contributed by atoms with Gasteiger partial charge in [0.2, 0.25) is 0 Å². The largest absolute Gasteiger partial charge is 0.491 e. The summed E-state index contributed by atoms with van der Waals surface area (Å²) < 4.78 is 5.38. The van der Waals surface area contributed by atoms with Crippen LogP contribution in [0.2, 0.25) is 0 Å². The quantitative estimate of drug-likeness (QED) is 0.700. The molecular formula is C10H12N2O. The lowest BCUT2D eigenvalue weighted by Gasteiger charge is -2.06. The van der Waals surface area contributed by atoms with Gasteiger partial charge in [-0.2, -0.15) is 5.26 Å². The molecule has 0 saturated carbocycles. The Hall–Kier alpha value is -1.53. The maximum absolute atomic E-state index is 8.73. The van der Waals surface area contributed by atoms with Gasteiger partial charge in [0.05, 0.1) is 5.56 Å². The Kier molecular flexibility index (Phi) is 3.80. The minimum atomic E-state index is 0.579. The summed E-state index contributed by atoms with van der Waals surface area (Å²) in [6.45, 7) is 1.36. The van der Waals surface area contributed by atoms with E-state index in [1.165, 1.54) is 0 Å². The first-order chi connectivity index (χ1) is 6.38. The molecule has 0 aliphatic rings. The lowest BCUT2D eigenvalue weighted by atomic mass is 10.2. The van der Waals surface area contributed by atoms with Crippen LogP contribution in [0.3, 0.4) is 0 Å². The summed E-state index contributed by atoms with van der Waals surface area (Å²) in [5, 5.41) is 11.7. The van der Waals surface area contributed by atoms with Crippen molar-refractivity contribution >= 4 is 0 Å². The monoisotopic (exact) mass is 176 g/mol. The lowest BCUT2D eigenvalue weighted by Crippen LogP contribution is -2.16. The molecule has 0 heterocycles. The molecule has 0 aliphatic heterocycles. The van der Waals surface area contributed by atoms with Gasteiger partial charge in [-0.1, -0.05) is 12.1 Å². The molecule has 0 amide bonds. The number of hydrogen-bond donors (Lipinski definition) is 1. The first kappa shape index (κ1) is 9.56. The van der Waals surface area contributed by atoms with Crippen molar-refractivity contribution in [1.29, 1.82) is 5.26 Å². The van der Waals surface area contributed by atoms with Gasteiger partial charge in [0.1, 0.15) is 18.4 Å². The third kappa shape index (κ3) is 2.77. The summed E-state index contributed by atoms with van der Waals surface area (Å²) in [4.78, 5) is 0. The highest BCUT2D eigenvalue weighted by Gasteiger charge is 1.99. The van der Waals surface area contributed by atoms with Crippen LogP contribution < -0.4 is 10.1 Å². The molecule has 3 heteroatoms. The summed E-state index contributed by atoms with van der Waals surface area (Å²) in [6, 6.07) is 9.30. The molecule has 1 N–H and O–H groups in total. The second-order valence-corrected chi connectivity index (χ2v) is 2.56. The Bertz CT molecular complexity index is 304. The van der Waals surface area contributed by atoms with Crippen molar-refractivity contribution in [2.24, 2.45) is 0 Å². The van der Waals surface area contributed by atoms with Gasteiger partial charge in [0, 0.05) is 6.54 Å². The first-order valence-electron chi connectivity index (χ1n) is 4.15. The van der Waals surface area contributed by atoms with Gasteiger partial charge in [-0.25, -0.2) is 0 Å². The second-order valence-electron chi connectivity index (χ2n) is 2.56. The summed E-state index contributed by atoms with van der Waals surface area (Å²) in [5.41, 5.74) is 0.582. The van der Waals surface area contributed by atoms with E-state index in [9.17, 15) is 0 Å². The van der Waals surface area contributed by atoms with E-state index in [-0.39, 0.29) is 0 Å². The van der Waals surface area contributed by atoms with E-state index < -0.39 is 0 Å². The fourth-order valence-corrected chi connectivity index (χ4v) is 0.948. The maximum atomic E-state index is 8.73. The second kappa shape index (κ2) is 5.18. The summed E-state index contributed by atoms with van der Waals surface area (Å²) >= 11 is 0. The summed E-state index contributed by atoms with van der Waals surface area (Å²) in [7, 11) is 1.86. The Morgan fingerprint density at radius 2 is 2.23 bits per heavy atom. The van der Waals surface area contributed by atoms with Crippen molar-refractivity contribution in [1.82, 2.24) is 5.32 Å². The molecule has 0 saturated heterocycles. The molecule has 3 nitrogen and oxygen atoms in total. The van der Waals surface area contributed by atoms with Crippen molar-refractivity contribution in [3.63, 3.8) is 0 Å². The van der Waals surface area contributed by atoms with Crippen molar-refractivity contribution in [2.75, 3.05) is 20.2 Å². The van der Waals surface area contributed by atoms with Crippen molar-refractivity contribution in [3.05, 3.63) is 29.8 Å². The van der Waals surface area contributed by atoms with Gasteiger partial charge >= 0.3 is 0 Å². The van der Waals surface area contributed by atoms with Crippen LogP contribution in [-0.2, 0) is 0 Å². The highest BCUT2D eigenvalue weighted by atomic mass is 16.5. The highest BCUT2D eigenvalue weighted by molar-refractivity contribution is 5.42. The zero-order valence-electron chi connectivity index (χ0n) is 7.58. The number of nitrogens with one attached hydrogen (secondary N) is 1. The minimum absolute atomic E-state index is 0.579.